The number of carbonyl (C=O) groups excluding carboxylic acids is 2. The maximum absolute atomic E-state index is 11.8. The zero-order valence-electron chi connectivity index (χ0n) is 10.3. The Bertz CT molecular complexity index is 459. The Kier molecular flexibility index (Phi) is 4.53. The number of hydrogen-bond donors (Lipinski definition) is 2. The first-order valence-corrected chi connectivity index (χ1v) is 5.36. The standard InChI is InChI=1S/C12H16N2O4/c1-7(11(14)15)6-18-12(16)8-4-3-5-9(17-2)10(8)13/h3-5,7H,6,13H2,1-2H3,(H2,14,15). The molecule has 0 fully saturated rings. The van der Waals surface area contributed by atoms with Crippen molar-refractivity contribution >= 4 is 17.6 Å². The van der Waals surface area contributed by atoms with Crippen LogP contribution in [0.2, 0.25) is 0 Å². The third-order valence-electron chi connectivity index (χ3n) is 2.46. The summed E-state index contributed by atoms with van der Waals surface area (Å²) in [6.07, 6.45) is 0. The molecule has 1 aromatic rings. The first-order chi connectivity index (χ1) is 8.47. The predicted octanol–water partition coefficient (Wildman–Crippen LogP) is 0.556. The summed E-state index contributed by atoms with van der Waals surface area (Å²) in [5.41, 5.74) is 11.2. The van der Waals surface area contributed by atoms with E-state index in [1.165, 1.54) is 13.2 Å². The van der Waals surface area contributed by atoms with Gasteiger partial charge in [0.15, 0.2) is 0 Å². The van der Waals surface area contributed by atoms with Crippen molar-refractivity contribution in [2.24, 2.45) is 11.7 Å². The van der Waals surface area contributed by atoms with E-state index in [1.807, 2.05) is 0 Å². The highest BCUT2D eigenvalue weighted by molar-refractivity contribution is 5.96. The van der Waals surface area contributed by atoms with Crippen LogP contribution in [0.4, 0.5) is 5.69 Å². The molecule has 0 bridgehead atoms. The number of amides is 1. The quantitative estimate of drug-likeness (QED) is 0.588. The first kappa shape index (κ1) is 13.8. The van der Waals surface area contributed by atoms with Crippen LogP contribution in [0.3, 0.4) is 0 Å². The van der Waals surface area contributed by atoms with Crippen molar-refractivity contribution in [2.75, 3.05) is 19.5 Å². The van der Waals surface area contributed by atoms with Crippen LogP contribution in [0.5, 0.6) is 5.75 Å². The molecule has 1 aromatic carbocycles. The van der Waals surface area contributed by atoms with E-state index < -0.39 is 17.8 Å². The lowest BCUT2D eigenvalue weighted by Gasteiger charge is -2.11. The molecular weight excluding hydrogens is 236 g/mol. The summed E-state index contributed by atoms with van der Waals surface area (Å²) in [7, 11) is 1.45. The summed E-state index contributed by atoms with van der Waals surface area (Å²) in [4.78, 5) is 22.6. The largest absolute Gasteiger partial charge is 0.495 e. The predicted molar refractivity (Wildman–Crippen MR) is 66.0 cm³/mol. The summed E-state index contributed by atoms with van der Waals surface area (Å²) in [6, 6.07) is 4.79. The number of esters is 1. The fourth-order valence-electron chi connectivity index (χ4n) is 1.26. The topological polar surface area (TPSA) is 105 Å². The average molecular weight is 252 g/mol. The van der Waals surface area contributed by atoms with E-state index in [0.717, 1.165) is 0 Å². The number of rotatable bonds is 5. The van der Waals surface area contributed by atoms with Crippen LogP contribution in [0.15, 0.2) is 18.2 Å². The summed E-state index contributed by atoms with van der Waals surface area (Å²) in [6.45, 7) is 1.50. The fourth-order valence-corrected chi connectivity index (χ4v) is 1.26. The molecule has 0 saturated carbocycles. The second-order valence-corrected chi connectivity index (χ2v) is 3.82. The summed E-state index contributed by atoms with van der Waals surface area (Å²) < 4.78 is 9.95. The van der Waals surface area contributed by atoms with Crippen LogP contribution in [-0.4, -0.2) is 25.6 Å². The van der Waals surface area contributed by atoms with E-state index in [2.05, 4.69) is 0 Å². The van der Waals surface area contributed by atoms with E-state index in [0.29, 0.717) is 5.75 Å². The monoisotopic (exact) mass is 252 g/mol. The molecule has 1 unspecified atom stereocenters. The average Bonchev–Trinajstić information content (AvgIpc) is 2.35. The van der Waals surface area contributed by atoms with Crippen molar-refractivity contribution in [3.05, 3.63) is 23.8 Å². The normalized spacial score (nSPS) is 11.7. The third kappa shape index (κ3) is 3.13. The van der Waals surface area contributed by atoms with Gasteiger partial charge in [0.25, 0.3) is 0 Å². The molecule has 1 rings (SSSR count). The Morgan fingerprint density at radius 1 is 1.39 bits per heavy atom. The number of benzene rings is 1. The van der Waals surface area contributed by atoms with Gasteiger partial charge in [0.1, 0.15) is 12.4 Å². The minimum Gasteiger partial charge on any atom is -0.495 e. The maximum Gasteiger partial charge on any atom is 0.340 e. The highest BCUT2D eigenvalue weighted by atomic mass is 16.5. The van der Waals surface area contributed by atoms with Crippen LogP contribution in [0.25, 0.3) is 0 Å². The smallest absolute Gasteiger partial charge is 0.340 e. The minimum absolute atomic E-state index is 0.0786. The second kappa shape index (κ2) is 5.90. The van der Waals surface area contributed by atoms with Crippen molar-refractivity contribution in [2.45, 2.75) is 6.92 Å². The van der Waals surface area contributed by atoms with Crippen LogP contribution in [0.1, 0.15) is 17.3 Å². The molecule has 0 saturated heterocycles. The number of anilines is 1. The van der Waals surface area contributed by atoms with Gasteiger partial charge in [-0.05, 0) is 12.1 Å². The zero-order chi connectivity index (χ0) is 13.7. The van der Waals surface area contributed by atoms with Crippen LogP contribution in [-0.2, 0) is 9.53 Å². The first-order valence-electron chi connectivity index (χ1n) is 5.36. The van der Waals surface area contributed by atoms with Gasteiger partial charge in [-0.25, -0.2) is 4.79 Å². The lowest BCUT2D eigenvalue weighted by atomic mass is 10.1. The van der Waals surface area contributed by atoms with Crippen molar-refractivity contribution in [3.63, 3.8) is 0 Å². The Labute approximate surface area is 105 Å². The van der Waals surface area contributed by atoms with Crippen LogP contribution >= 0.6 is 0 Å². The van der Waals surface area contributed by atoms with Gasteiger partial charge in [0.05, 0.1) is 24.3 Å². The molecule has 0 radical (unpaired) electrons. The number of methoxy groups -OCH3 is 1. The SMILES string of the molecule is COc1cccc(C(=O)OCC(C)C(N)=O)c1N. The van der Waals surface area contributed by atoms with Crippen LogP contribution in [0, 0.1) is 5.92 Å². The summed E-state index contributed by atoms with van der Waals surface area (Å²) in [5.74, 6) is -1.28. The van der Waals surface area contributed by atoms with E-state index >= 15 is 0 Å². The molecule has 98 valence electrons. The third-order valence-corrected chi connectivity index (χ3v) is 2.46. The van der Waals surface area contributed by atoms with Gasteiger partial charge < -0.3 is 20.9 Å². The van der Waals surface area contributed by atoms with Gasteiger partial charge >= 0.3 is 5.97 Å². The molecule has 0 spiro atoms. The molecule has 4 N–H and O–H groups in total. The van der Waals surface area contributed by atoms with Crippen molar-refractivity contribution in [3.8, 4) is 5.75 Å². The van der Waals surface area contributed by atoms with Gasteiger partial charge in [-0.2, -0.15) is 0 Å². The van der Waals surface area contributed by atoms with Crippen molar-refractivity contribution in [1.29, 1.82) is 0 Å². The number of para-hydroxylation sites is 1. The molecule has 18 heavy (non-hydrogen) atoms. The Morgan fingerprint density at radius 3 is 2.61 bits per heavy atom. The van der Waals surface area contributed by atoms with Gasteiger partial charge in [-0.15, -0.1) is 0 Å². The molecule has 0 aliphatic carbocycles. The van der Waals surface area contributed by atoms with E-state index in [9.17, 15) is 9.59 Å². The van der Waals surface area contributed by atoms with Gasteiger partial charge in [0, 0.05) is 0 Å². The van der Waals surface area contributed by atoms with Crippen LogP contribution < -0.4 is 16.2 Å². The Morgan fingerprint density at radius 2 is 2.06 bits per heavy atom. The summed E-state index contributed by atoms with van der Waals surface area (Å²) >= 11 is 0. The van der Waals surface area contributed by atoms with Crippen molar-refractivity contribution < 1.29 is 19.1 Å². The number of nitrogens with two attached hydrogens (primary N) is 2. The molecule has 1 atom stereocenters. The van der Waals surface area contributed by atoms with Crippen molar-refractivity contribution in [1.82, 2.24) is 0 Å². The molecule has 0 aromatic heterocycles. The molecule has 0 aliphatic rings. The molecule has 6 nitrogen and oxygen atoms in total. The molecule has 1 amide bonds. The lowest BCUT2D eigenvalue weighted by Crippen LogP contribution is -2.26. The number of carbonyl (C=O) groups is 2. The van der Waals surface area contributed by atoms with E-state index in [4.69, 9.17) is 20.9 Å². The fraction of sp³-hybridized carbons (Fsp3) is 0.333. The van der Waals surface area contributed by atoms with Gasteiger partial charge in [0.2, 0.25) is 5.91 Å². The minimum atomic E-state index is -0.612. The van der Waals surface area contributed by atoms with E-state index in [1.54, 1.807) is 19.1 Å². The lowest BCUT2D eigenvalue weighted by molar-refractivity contribution is -0.122. The van der Waals surface area contributed by atoms with Gasteiger partial charge in [-0.3, -0.25) is 4.79 Å². The van der Waals surface area contributed by atoms with Gasteiger partial charge in [-0.1, -0.05) is 13.0 Å². The number of ether oxygens (including phenoxy) is 2. The Hall–Kier alpha value is -2.24. The zero-order valence-corrected chi connectivity index (χ0v) is 10.3. The molecule has 0 aliphatic heterocycles. The highest BCUT2D eigenvalue weighted by Crippen LogP contribution is 2.25. The molecule has 0 heterocycles. The Balaban J connectivity index is 2.76. The number of primary amides is 1. The summed E-state index contributed by atoms with van der Waals surface area (Å²) in [5, 5.41) is 0. The highest BCUT2D eigenvalue weighted by Gasteiger charge is 2.17. The molecule has 6 heteroatoms. The second-order valence-electron chi connectivity index (χ2n) is 3.82. The molecular formula is C12H16N2O4. The number of hydrogen-bond acceptors (Lipinski definition) is 5. The maximum atomic E-state index is 11.8. The van der Waals surface area contributed by atoms with E-state index in [-0.39, 0.29) is 17.9 Å². The number of nitrogen functional groups attached to an aromatic ring is 1.